The molecule has 8 nitrogen and oxygen atoms in total. The SMILES string of the molecule is O=C(O)CNC(=O)[C@H](Cc1ccc(-c2ccccc2)cc1)NC(c1ccccc1)(c1ccccc1)P(=O)(O)O. The maximum Gasteiger partial charge on any atom is 0.354 e. The van der Waals surface area contributed by atoms with E-state index in [1.165, 1.54) is 0 Å². The first-order valence-corrected chi connectivity index (χ1v) is 13.9. The van der Waals surface area contributed by atoms with E-state index >= 15 is 0 Å². The minimum Gasteiger partial charge on any atom is -0.480 e. The van der Waals surface area contributed by atoms with Gasteiger partial charge in [0.2, 0.25) is 5.91 Å². The number of nitrogens with one attached hydrogen (secondary N) is 2. The summed E-state index contributed by atoms with van der Waals surface area (Å²) in [4.78, 5) is 46.2. The van der Waals surface area contributed by atoms with E-state index in [9.17, 15) is 23.9 Å². The lowest BCUT2D eigenvalue weighted by Gasteiger charge is -2.39. The molecule has 5 N–H and O–H groups in total. The first kappa shape index (κ1) is 28.0. The van der Waals surface area contributed by atoms with Gasteiger partial charge >= 0.3 is 13.6 Å². The number of aliphatic carboxylic acids is 1. The lowest BCUT2D eigenvalue weighted by molar-refractivity contribution is -0.138. The average molecular weight is 545 g/mol. The molecule has 0 fully saturated rings. The molecule has 0 aliphatic carbocycles. The summed E-state index contributed by atoms with van der Waals surface area (Å²) in [6.07, 6.45) is 0.0436. The van der Waals surface area contributed by atoms with Crippen LogP contribution in [0.5, 0.6) is 0 Å². The van der Waals surface area contributed by atoms with Crippen LogP contribution in [0.2, 0.25) is 0 Å². The van der Waals surface area contributed by atoms with Crippen molar-refractivity contribution in [1.29, 1.82) is 0 Å². The third kappa shape index (κ3) is 6.50. The Kier molecular flexibility index (Phi) is 8.74. The highest BCUT2D eigenvalue weighted by Crippen LogP contribution is 2.59. The molecule has 0 aliphatic rings. The van der Waals surface area contributed by atoms with E-state index in [0.29, 0.717) is 0 Å². The average Bonchev–Trinajstić information content (AvgIpc) is 2.95. The van der Waals surface area contributed by atoms with E-state index in [-0.39, 0.29) is 17.5 Å². The van der Waals surface area contributed by atoms with Crippen molar-refractivity contribution in [2.75, 3.05) is 6.54 Å². The topological polar surface area (TPSA) is 136 Å². The van der Waals surface area contributed by atoms with Crippen LogP contribution in [0.3, 0.4) is 0 Å². The van der Waals surface area contributed by atoms with Gasteiger partial charge in [0.05, 0.1) is 6.04 Å². The molecule has 39 heavy (non-hydrogen) atoms. The Balaban J connectivity index is 1.77. The molecule has 0 aromatic heterocycles. The fourth-order valence-electron chi connectivity index (χ4n) is 4.56. The van der Waals surface area contributed by atoms with E-state index in [1.54, 1.807) is 60.7 Å². The normalized spacial score (nSPS) is 12.5. The lowest BCUT2D eigenvalue weighted by atomic mass is 9.94. The van der Waals surface area contributed by atoms with Crippen LogP contribution >= 0.6 is 7.60 Å². The molecule has 0 bridgehead atoms. The van der Waals surface area contributed by atoms with Crippen molar-refractivity contribution in [3.05, 3.63) is 132 Å². The van der Waals surface area contributed by atoms with Crippen LogP contribution in [0.25, 0.3) is 11.1 Å². The van der Waals surface area contributed by atoms with Crippen molar-refractivity contribution >= 4 is 19.5 Å². The van der Waals surface area contributed by atoms with Crippen LogP contribution < -0.4 is 10.6 Å². The molecule has 1 amide bonds. The molecule has 0 aliphatic heterocycles. The maximum absolute atomic E-state index is 13.3. The van der Waals surface area contributed by atoms with Gasteiger partial charge in [-0.05, 0) is 34.2 Å². The van der Waals surface area contributed by atoms with Gasteiger partial charge in [0.15, 0.2) is 5.28 Å². The van der Waals surface area contributed by atoms with E-state index in [1.807, 2.05) is 54.6 Å². The van der Waals surface area contributed by atoms with Crippen molar-refractivity contribution in [1.82, 2.24) is 10.6 Å². The van der Waals surface area contributed by atoms with Crippen molar-refractivity contribution in [3.63, 3.8) is 0 Å². The second kappa shape index (κ2) is 12.2. The van der Waals surface area contributed by atoms with Crippen molar-refractivity contribution in [3.8, 4) is 11.1 Å². The third-order valence-corrected chi connectivity index (χ3v) is 7.95. The second-order valence-electron chi connectivity index (χ2n) is 9.06. The number of amides is 1. The first-order valence-electron chi connectivity index (χ1n) is 12.3. The molecule has 4 aromatic rings. The van der Waals surface area contributed by atoms with Gasteiger partial charge in [-0.25, -0.2) is 0 Å². The Morgan fingerprint density at radius 3 is 1.64 bits per heavy atom. The van der Waals surface area contributed by atoms with Crippen molar-refractivity contribution < 1.29 is 29.0 Å². The Labute approximate surface area is 226 Å². The van der Waals surface area contributed by atoms with Gasteiger partial charge in [-0.1, -0.05) is 115 Å². The predicted molar refractivity (Wildman–Crippen MR) is 149 cm³/mol. The largest absolute Gasteiger partial charge is 0.480 e. The number of carbonyl (C=O) groups excluding carboxylic acids is 1. The smallest absolute Gasteiger partial charge is 0.354 e. The number of hydrogen-bond donors (Lipinski definition) is 5. The van der Waals surface area contributed by atoms with E-state index in [0.717, 1.165) is 16.7 Å². The molecule has 0 saturated carbocycles. The molecule has 200 valence electrons. The highest BCUT2D eigenvalue weighted by atomic mass is 31.2. The quantitative estimate of drug-likeness (QED) is 0.179. The summed E-state index contributed by atoms with van der Waals surface area (Å²) in [7, 11) is -5.04. The summed E-state index contributed by atoms with van der Waals surface area (Å²) in [5, 5.41) is 12.4. The molecular formula is C30H29N2O6P. The second-order valence-corrected chi connectivity index (χ2v) is 10.8. The van der Waals surface area contributed by atoms with Crippen molar-refractivity contribution in [2.45, 2.75) is 17.7 Å². The van der Waals surface area contributed by atoms with Gasteiger partial charge in [0.25, 0.3) is 0 Å². The van der Waals surface area contributed by atoms with Crippen LogP contribution in [-0.2, 0) is 25.9 Å². The minimum absolute atomic E-state index is 0.0436. The molecule has 0 saturated heterocycles. The van der Waals surface area contributed by atoms with Crippen LogP contribution in [-0.4, -0.2) is 39.4 Å². The maximum atomic E-state index is 13.3. The standard InChI is InChI=1S/C30H29N2O6P/c33-28(34)21-31-29(35)27(20-22-16-18-24(19-17-22)23-10-4-1-5-11-23)32-30(39(36,37)38,25-12-6-2-7-13-25)26-14-8-3-9-15-26/h1-19,27,32H,20-21H2,(H,31,35)(H,33,34)(H2,36,37,38)/t27-/m0/s1. The Morgan fingerprint density at radius 2 is 1.18 bits per heavy atom. The highest BCUT2D eigenvalue weighted by molar-refractivity contribution is 7.53. The Bertz CT molecular complexity index is 1400. The lowest BCUT2D eigenvalue weighted by Crippen LogP contribution is -2.55. The predicted octanol–water partition coefficient (Wildman–Crippen LogP) is 4.13. The number of benzene rings is 4. The van der Waals surface area contributed by atoms with Crippen LogP contribution in [0.1, 0.15) is 16.7 Å². The van der Waals surface area contributed by atoms with Crippen LogP contribution in [0.4, 0.5) is 0 Å². The van der Waals surface area contributed by atoms with Crippen LogP contribution in [0.15, 0.2) is 115 Å². The monoisotopic (exact) mass is 544 g/mol. The van der Waals surface area contributed by atoms with Crippen LogP contribution in [0, 0.1) is 0 Å². The molecule has 0 spiro atoms. The first-order chi connectivity index (χ1) is 18.7. The molecule has 1 atom stereocenters. The minimum atomic E-state index is -5.04. The summed E-state index contributed by atoms with van der Waals surface area (Å²) in [6, 6.07) is 32.5. The Morgan fingerprint density at radius 1 is 0.718 bits per heavy atom. The summed E-state index contributed by atoms with van der Waals surface area (Å²) >= 11 is 0. The molecule has 9 heteroatoms. The molecule has 4 rings (SSSR count). The summed E-state index contributed by atoms with van der Waals surface area (Å²) < 4.78 is 13.3. The highest BCUT2D eigenvalue weighted by Gasteiger charge is 2.51. The van der Waals surface area contributed by atoms with E-state index < -0.39 is 37.3 Å². The zero-order valence-electron chi connectivity index (χ0n) is 21.0. The number of carbonyl (C=O) groups is 2. The number of carboxylic acid groups (broad SMARTS) is 1. The van der Waals surface area contributed by atoms with Gasteiger partial charge in [0, 0.05) is 0 Å². The number of rotatable bonds is 11. The summed E-state index contributed by atoms with van der Waals surface area (Å²) in [6.45, 7) is -0.635. The fourth-order valence-corrected chi connectivity index (χ4v) is 5.85. The summed E-state index contributed by atoms with van der Waals surface area (Å²) in [5.41, 5.74) is 3.24. The van der Waals surface area contributed by atoms with E-state index in [2.05, 4.69) is 10.6 Å². The fraction of sp³-hybridized carbons (Fsp3) is 0.133. The number of hydrogen-bond acceptors (Lipinski definition) is 4. The Hall–Kier alpha value is -4.07. The molecular weight excluding hydrogens is 515 g/mol. The van der Waals surface area contributed by atoms with Gasteiger partial charge in [-0.3, -0.25) is 19.5 Å². The molecule has 0 heterocycles. The van der Waals surface area contributed by atoms with Gasteiger partial charge < -0.3 is 20.2 Å². The van der Waals surface area contributed by atoms with Gasteiger partial charge in [-0.2, -0.15) is 0 Å². The van der Waals surface area contributed by atoms with E-state index in [4.69, 9.17) is 5.11 Å². The molecule has 0 unspecified atom stereocenters. The van der Waals surface area contributed by atoms with Gasteiger partial charge in [0.1, 0.15) is 6.54 Å². The summed E-state index contributed by atoms with van der Waals surface area (Å²) in [5.74, 6) is -1.93. The number of carboxylic acids is 1. The third-order valence-electron chi connectivity index (χ3n) is 6.43. The van der Waals surface area contributed by atoms with Gasteiger partial charge in [-0.15, -0.1) is 0 Å². The van der Waals surface area contributed by atoms with Crippen molar-refractivity contribution in [2.24, 2.45) is 0 Å². The zero-order valence-corrected chi connectivity index (χ0v) is 21.9. The molecule has 0 radical (unpaired) electrons. The zero-order chi connectivity index (χ0) is 27.9. The molecule has 4 aromatic carbocycles.